The predicted molar refractivity (Wildman–Crippen MR) is 162 cm³/mol. The first-order valence-corrected chi connectivity index (χ1v) is 15.8. The van der Waals surface area contributed by atoms with Crippen molar-refractivity contribution < 1.29 is 23.8 Å². The third-order valence-corrected chi connectivity index (χ3v) is 9.67. The van der Waals surface area contributed by atoms with Crippen molar-refractivity contribution in [3.05, 3.63) is 47.6 Å². The Balaban J connectivity index is 1.60. The monoisotopic (exact) mass is 554 g/mol. The molecule has 1 heterocycles. The SMILES string of the molecule is C=C1CC[C@H](OC(=O)C2(C)COC(=O)OC2)C/C1=C/C=C1\CCCC[C@H]1CC[C@@H](CC)[C@H](C)/C=C/[C@H](C)C(C)C. The Kier molecular flexibility index (Phi) is 12.1. The molecule has 5 nitrogen and oxygen atoms in total. The van der Waals surface area contributed by atoms with Crippen molar-refractivity contribution in [2.45, 2.75) is 112 Å². The largest absolute Gasteiger partial charge is 0.508 e. The van der Waals surface area contributed by atoms with Gasteiger partial charge in [-0.05, 0) is 87.0 Å². The first-order valence-electron chi connectivity index (χ1n) is 15.8. The van der Waals surface area contributed by atoms with Crippen LogP contribution in [0.15, 0.2) is 47.6 Å². The Morgan fingerprint density at radius 2 is 1.75 bits per heavy atom. The molecule has 0 spiro atoms. The van der Waals surface area contributed by atoms with Crippen LogP contribution in [0.2, 0.25) is 0 Å². The van der Waals surface area contributed by atoms with Gasteiger partial charge in [-0.15, -0.1) is 0 Å². The van der Waals surface area contributed by atoms with E-state index in [2.05, 4.69) is 65.5 Å². The van der Waals surface area contributed by atoms with Gasteiger partial charge in [0.2, 0.25) is 0 Å². The van der Waals surface area contributed by atoms with Crippen LogP contribution in [0.3, 0.4) is 0 Å². The van der Waals surface area contributed by atoms with E-state index in [0.717, 1.165) is 24.3 Å². The summed E-state index contributed by atoms with van der Waals surface area (Å²) in [5.41, 5.74) is 2.94. The molecule has 1 aliphatic heterocycles. The second-order valence-electron chi connectivity index (χ2n) is 13.2. The maximum atomic E-state index is 12.9. The van der Waals surface area contributed by atoms with Crippen LogP contribution in [-0.2, 0) is 19.0 Å². The summed E-state index contributed by atoms with van der Waals surface area (Å²) in [5, 5.41) is 0. The summed E-state index contributed by atoms with van der Waals surface area (Å²) >= 11 is 0. The fourth-order valence-corrected chi connectivity index (χ4v) is 6.06. The Labute approximate surface area is 243 Å². The highest BCUT2D eigenvalue weighted by molar-refractivity contribution is 5.78. The smallest absolute Gasteiger partial charge is 0.461 e. The molecule has 3 rings (SSSR count). The highest BCUT2D eigenvalue weighted by Gasteiger charge is 2.43. The van der Waals surface area contributed by atoms with Crippen LogP contribution in [0, 0.1) is 35.0 Å². The lowest BCUT2D eigenvalue weighted by atomic mass is 9.77. The summed E-state index contributed by atoms with van der Waals surface area (Å²) in [5.74, 6) is 2.95. The fourth-order valence-electron chi connectivity index (χ4n) is 6.06. The van der Waals surface area contributed by atoms with Gasteiger partial charge in [-0.25, -0.2) is 4.79 Å². The molecule has 0 unspecified atom stereocenters. The third-order valence-electron chi connectivity index (χ3n) is 9.67. The van der Waals surface area contributed by atoms with E-state index in [0.29, 0.717) is 30.1 Å². The topological polar surface area (TPSA) is 61.8 Å². The summed E-state index contributed by atoms with van der Waals surface area (Å²) in [7, 11) is 0. The van der Waals surface area contributed by atoms with Gasteiger partial charge < -0.3 is 14.2 Å². The zero-order valence-electron chi connectivity index (χ0n) is 26.0. The molecule has 3 fully saturated rings. The second kappa shape index (κ2) is 15.1. The highest BCUT2D eigenvalue weighted by atomic mass is 16.7. The van der Waals surface area contributed by atoms with Crippen molar-refractivity contribution in [3.8, 4) is 0 Å². The standard InChI is InChI=1S/C35H54O5/c1-8-28(26(5)14-13-25(4)24(2)3)16-17-29-11-9-10-12-30(29)18-19-31-21-32(20-15-27(31)6)40-33(36)35(7)22-38-34(37)39-23-35/h13-14,18-19,24-26,28-29,32H,6,8-12,15-17,20-23H2,1-5,7H3/b14-13+,30-18+,31-19-/t25-,26+,28+,29-,32-/m0/s1. The fraction of sp³-hybridized carbons (Fsp3) is 0.714. The van der Waals surface area contributed by atoms with Gasteiger partial charge in [-0.3, -0.25) is 4.79 Å². The number of ether oxygens (including phenoxy) is 3. The van der Waals surface area contributed by atoms with E-state index < -0.39 is 11.6 Å². The number of rotatable bonds is 11. The number of allylic oxidation sites excluding steroid dienone is 6. The summed E-state index contributed by atoms with van der Waals surface area (Å²) < 4.78 is 15.8. The van der Waals surface area contributed by atoms with E-state index >= 15 is 0 Å². The zero-order chi connectivity index (χ0) is 29.3. The molecular weight excluding hydrogens is 500 g/mol. The van der Waals surface area contributed by atoms with Crippen LogP contribution in [0.4, 0.5) is 4.79 Å². The maximum Gasteiger partial charge on any atom is 0.508 e. The van der Waals surface area contributed by atoms with E-state index in [1.807, 2.05) is 0 Å². The van der Waals surface area contributed by atoms with Crippen molar-refractivity contribution in [1.29, 1.82) is 0 Å². The number of hydrogen-bond acceptors (Lipinski definition) is 5. The molecule has 1 saturated heterocycles. The van der Waals surface area contributed by atoms with Crippen molar-refractivity contribution in [2.24, 2.45) is 35.0 Å². The number of carbonyl (C=O) groups is 2. The average molecular weight is 555 g/mol. The van der Waals surface area contributed by atoms with Crippen molar-refractivity contribution in [1.82, 2.24) is 0 Å². The van der Waals surface area contributed by atoms with Crippen LogP contribution in [0.1, 0.15) is 106 Å². The molecule has 5 atom stereocenters. The van der Waals surface area contributed by atoms with Gasteiger partial charge in [0, 0.05) is 6.42 Å². The quantitative estimate of drug-likeness (QED) is 0.188. The molecule has 0 bridgehead atoms. The molecule has 0 N–H and O–H groups in total. The second-order valence-corrected chi connectivity index (χ2v) is 13.2. The van der Waals surface area contributed by atoms with Gasteiger partial charge in [0.15, 0.2) is 0 Å². The van der Waals surface area contributed by atoms with Gasteiger partial charge in [-0.1, -0.05) is 89.5 Å². The van der Waals surface area contributed by atoms with E-state index in [9.17, 15) is 9.59 Å². The third kappa shape index (κ3) is 9.11. The number of cyclic esters (lactones) is 2. The summed E-state index contributed by atoms with van der Waals surface area (Å²) in [4.78, 5) is 24.1. The maximum absolute atomic E-state index is 12.9. The number of carbonyl (C=O) groups excluding carboxylic acids is 2. The molecule has 40 heavy (non-hydrogen) atoms. The molecular formula is C35H54O5. The van der Waals surface area contributed by atoms with Gasteiger partial charge >= 0.3 is 12.1 Å². The predicted octanol–water partition coefficient (Wildman–Crippen LogP) is 9.15. The van der Waals surface area contributed by atoms with Gasteiger partial charge in [0.1, 0.15) is 24.7 Å². The molecule has 5 heteroatoms. The molecule has 0 radical (unpaired) electrons. The number of esters is 1. The minimum Gasteiger partial charge on any atom is -0.461 e. The van der Waals surface area contributed by atoms with Crippen LogP contribution in [-0.4, -0.2) is 31.4 Å². The average Bonchev–Trinajstić information content (AvgIpc) is 2.94. The number of hydrogen-bond donors (Lipinski definition) is 0. The normalized spacial score (nSPS) is 27.9. The van der Waals surface area contributed by atoms with E-state index in [1.165, 1.54) is 50.5 Å². The van der Waals surface area contributed by atoms with Gasteiger partial charge in [-0.2, -0.15) is 0 Å². The molecule has 224 valence electrons. The van der Waals surface area contributed by atoms with Crippen molar-refractivity contribution in [2.75, 3.05) is 13.2 Å². The van der Waals surface area contributed by atoms with Gasteiger partial charge in [0.05, 0.1) is 0 Å². The van der Waals surface area contributed by atoms with Crippen molar-refractivity contribution >= 4 is 12.1 Å². The molecule has 0 aromatic heterocycles. The lowest BCUT2D eigenvalue weighted by Gasteiger charge is -2.33. The van der Waals surface area contributed by atoms with E-state index in [4.69, 9.17) is 14.2 Å². The molecule has 3 aliphatic rings. The molecule has 0 amide bonds. The van der Waals surface area contributed by atoms with Crippen LogP contribution in [0.5, 0.6) is 0 Å². The van der Waals surface area contributed by atoms with Crippen molar-refractivity contribution in [3.63, 3.8) is 0 Å². The summed E-state index contributed by atoms with van der Waals surface area (Å²) in [6.45, 7) is 17.7. The van der Waals surface area contributed by atoms with Crippen LogP contribution in [0.25, 0.3) is 0 Å². The highest BCUT2D eigenvalue weighted by Crippen LogP contribution is 2.37. The lowest BCUT2D eigenvalue weighted by Crippen LogP contribution is -2.45. The molecule has 0 aromatic carbocycles. The van der Waals surface area contributed by atoms with E-state index in [-0.39, 0.29) is 25.3 Å². The van der Waals surface area contributed by atoms with E-state index in [1.54, 1.807) is 12.5 Å². The van der Waals surface area contributed by atoms with Gasteiger partial charge in [0.25, 0.3) is 0 Å². The van der Waals surface area contributed by atoms with Crippen LogP contribution >= 0.6 is 0 Å². The Bertz CT molecular complexity index is 960. The summed E-state index contributed by atoms with van der Waals surface area (Å²) in [6.07, 6.45) is 19.6. The summed E-state index contributed by atoms with van der Waals surface area (Å²) in [6, 6.07) is 0. The zero-order valence-corrected chi connectivity index (χ0v) is 26.0. The molecule has 2 aliphatic carbocycles. The Hall–Kier alpha value is -2.30. The first kappa shape index (κ1) is 32.2. The minimum atomic E-state index is -0.958. The minimum absolute atomic E-state index is 0.00863. The Morgan fingerprint density at radius 3 is 2.42 bits per heavy atom. The Morgan fingerprint density at radius 1 is 1.05 bits per heavy atom. The molecule has 0 aromatic rings. The lowest BCUT2D eigenvalue weighted by molar-refractivity contribution is -0.172. The van der Waals surface area contributed by atoms with Crippen LogP contribution < -0.4 is 0 Å². The molecule has 2 saturated carbocycles. The first-order chi connectivity index (χ1) is 19.0.